The van der Waals surface area contributed by atoms with Gasteiger partial charge in [0.25, 0.3) is 0 Å². The Hall–Kier alpha value is -1.22. The van der Waals surface area contributed by atoms with E-state index in [1.165, 1.54) is 0 Å². The maximum atomic E-state index is 8.14. The Labute approximate surface area is 96.7 Å². The lowest BCUT2D eigenvalue weighted by atomic mass is 10.1. The summed E-state index contributed by atoms with van der Waals surface area (Å²) >= 11 is 0. The van der Waals surface area contributed by atoms with Crippen LogP contribution in [0, 0.1) is 0 Å². The van der Waals surface area contributed by atoms with E-state index in [4.69, 9.17) is 21.8 Å². The van der Waals surface area contributed by atoms with Crippen molar-refractivity contribution in [3.63, 3.8) is 0 Å². The number of hydrogen-bond acceptors (Lipinski definition) is 3. The maximum absolute atomic E-state index is 8.14. The number of likely N-dealkylation sites (N-methyl/N-ethyl adjacent to an activating group) is 1. The normalized spacial score (nSPS) is 29.1. The topological polar surface area (TPSA) is 30.5 Å². The molecule has 3 nitrogen and oxygen atoms in total. The number of ether oxygens (including phenoxy) is 2. The van der Waals surface area contributed by atoms with Crippen molar-refractivity contribution >= 4 is 0 Å². The molecule has 14 heavy (non-hydrogen) atoms. The van der Waals surface area contributed by atoms with Gasteiger partial charge in [-0.05, 0) is 37.9 Å². The van der Waals surface area contributed by atoms with E-state index in [-0.39, 0.29) is 18.3 Å². The zero-order chi connectivity index (χ0) is 17.8. The molecule has 1 unspecified atom stereocenters. The van der Waals surface area contributed by atoms with Crippen molar-refractivity contribution < 1.29 is 21.8 Å². The molecule has 1 aromatic carbocycles. The van der Waals surface area contributed by atoms with Crippen LogP contribution in [-0.4, -0.2) is 19.8 Å². The molecule has 0 bridgehead atoms. The largest absolute Gasteiger partial charge is 0.454 e. The van der Waals surface area contributed by atoms with Crippen molar-refractivity contribution in [1.82, 2.24) is 5.32 Å². The Morgan fingerprint density at radius 1 is 1.71 bits per heavy atom. The number of fused-ring (bicyclic) bond motifs is 1. The highest BCUT2D eigenvalue weighted by atomic mass is 16.7. The van der Waals surface area contributed by atoms with E-state index in [2.05, 4.69) is 0 Å². The fourth-order valence-corrected chi connectivity index (χ4v) is 1.01. The minimum atomic E-state index is -2.80. The summed E-state index contributed by atoms with van der Waals surface area (Å²) in [6, 6.07) is -4.04. The Kier molecular flexibility index (Phi) is 0.947. The summed E-state index contributed by atoms with van der Waals surface area (Å²) in [5.74, 6) is -0.315. The molecule has 0 aromatic heterocycles. The molecule has 1 atom stereocenters. The zero-order valence-electron chi connectivity index (χ0n) is 16.5. The Morgan fingerprint density at radius 2 is 2.57 bits per heavy atom. The monoisotopic (exact) mass is 202 g/mol. The van der Waals surface area contributed by atoms with Gasteiger partial charge in [-0.25, -0.2) is 0 Å². The quantitative estimate of drug-likeness (QED) is 0.807. The lowest BCUT2D eigenvalue weighted by molar-refractivity contribution is 0.174. The smallest absolute Gasteiger partial charge is 0.231 e. The molecule has 1 heterocycles. The van der Waals surface area contributed by atoms with Crippen LogP contribution in [0.4, 0.5) is 0 Å². The first kappa shape index (κ1) is 3.42. The molecule has 3 heteroatoms. The van der Waals surface area contributed by atoms with Crippen LogP contribution in [0.2, 0.25) is 0 Å². The molecule has 1 aliphatic rings. The number of hydrogen-bond donors (Lipinski definition) is 1. The summed E-state index contributed by atoms with van der Waals surface area (Å²) in [6.07, 6.45) is -2.76. The predicted molar refractivity (Wildman–Crippen MR) is 54.8 cm³/mol. The molecule has 1 N–H and O–H groups in total. The SMILES string of the molecule is [2H]c1c([2H])c(C([2H])([2H])C([2H])(C)NC([2H])([2H])[2H])c([2H])c2c1OCO2. The van der Waals surface area contributed by atoms with Gasteiger partial charge in [0, 0.05) is 14.2 Å². The van der Waals surface area contributed by atoms with Crippen LogP contribution < -0.4 is 14.8 Å². The van der Waals surface area contributed by atoms with Gasteiger partial charge >= 0.3 is 0 Å². The fraction of sp³-hybridized carbons (Fsp3) is 0.455. The second-order valence-corrected chi connectivity index (χ2v) is 2.69. The summed E-state index contributed by atoms with van der Waals surface area (Å²) in [7, 11) is 0. The molecule has 0 saturated carbocycles. The Bertz CT molecular complexity index is 642. The van der Waals surface area contributed by atoms with Crippen molar-refractivity contribution in [2.45, 2.75) is 19.3 Å². The second kappa shape index (κ2) is 3.88. The molecule has 1 aliphatic heterocycles. The molecular weight excluding hydrogens is 178 g/mol. The van der Waals surface area contributed by atoms with Crippen LogP contribution in [0.15, 0.2) is 18.1 Å². The van der Waals surface area contributed by atoms with Gasteiger partial charge in [-0.2, -0.15) is 0 Å². The minimum absolute atomic E-state index is 0.130. The molecule has 2 rings (SSSR count). The Morgan fingerprint density at radius 3 is 3.43 bits per heavy atom. The van der Waals surface area contributed by atoms with Crippen LogP contribution in [0.25, 0.3) is 0 Å². The average Bonchev–Trinajstić information content (AvgIpc) is 2.82. The zero-order valence-corrected chi connectivity index (χ0v) is 7.52. The van der Waals surface area contributed by atoms with E-state index in [0.717, 1.165) is 6.92 Å². The first-order valence-corrected chi connectivity index (χ1v) is 3.99. The third-order valence-electron chi connectivity index (χ3n) is 1.65. The van der Waals surface area contributed by atoms with Gasteiger partial charge in [0.2, 0.25) is 6.79 Å². The average molecular weight is 202 g/mol. The van der Waals surface area contributed by atoms with Crippen LogP contribution in [-0.2, 0) is 6.37 Å². The van der Waals surface area contributed by atoms with E-state index in [0.29, 0.717) is 0 Å². The molecule has 1 aromatic rings. The third-order valence-corrected chi connectivity index (χ3v) is 1.65. The maximum Gasteiger partial charge on any atom is 0.231 e. The first-order valence-electron chi connectivity index (χ1n) is 8.49. The summed E-state index contributed by atoms with van der Waals surface area (Å²) in [5.41, 5.74) is -0.596. The van der Waals surface area contributed by atoms with Gasteiger partial charge in [0.1, 0.15) is 0 Å². The fourth-order valence-electron chi connectivity index (χ4n) is 1.01. The summed E-state index contributed by atoms with van der Waals surface area (Å²) in [5, 5.41) is 1.87. The Balaban J connectivity index is 2.63. The standard InChI is InChI=1S/C11H15NO2/c1-8(12-2)5-9-3-4-10-11(6-9)14-7-13-10/h3-4,6,8,12H,5,7H2,1-2H3/i2D3,3D,4D,5D2,6D,8D. The van der Waals surface area contributed by atoms with Gasteiger partial charge in [0.05, 0.1) is 4.11 Å². The van der Waals surface area contributed by atoms with E-state index in [1.807, 2.05) is 5.32 Å². The van der Waals surface area contributed by atoms with E-state index in [1.54, 1.807) is 0 Å². The van der Waals surface area contributed by atoms with Crippen LogP contribution in [0.3, 0.4) is 0 Å². The van der Waals surface area contributed by atoms with Crippen molar-refractivity contribution in [2.24, 2.45) is 0 Å². The minimum Gasteiger partial charge on any atom is -0.454 e. The predicted octanol–water partition coefficient (Wildman–Crippen LogP) is 1.57. The van der Waals surface area contributed by atoms with Crippen LogP contribution in [0.5, 0.6) is 11.5 Å². The van der Waals surface area contributed by atoms with Crippen LogP contribution in [0.1, 0.15) is 24.8 Å². The molecule has 0 radical (unpaired) electrons. The number of benzene rings is 1. The molecule has 0 saturated heterocycles. The van der Waals surface area contributed by atoms with Crippen molar-refractivity contribution in [1.29, 1.82) is 0 Å². The highest BCUT2D eigenvalue weighted by Gasteiger charge is 2.13. The van der Waals surface area contributed by atoms with Gasteiger partial charge in [-0.15, -0.1) is 0 Å². The highest BCUT2D eigenvalue weighted by Crippen LogP contribution is 2.32. The van der Waals surface area contributed by atoms with Gasteiger partial charge in [0.15, 0.2) is 11.5 Å². The molecule has 76 valence electrons. The first-order chi connectivity index (χ1) is 10.3. The van der Waals surface area contributed by atoms with Crippen LogP contribution >= 0.6 is 0 Å². The highest BCUT2D eigenvalue weighted by molar-refractivity contribution is 5.44. The van der Waals surface area contributed by atoms with Gasteiger partial charge < -0.3 is 14.8 Å². The molecular formula is C11H15NO2. The van der Waals surface area contributed by atoms with E-state index >= 15 is 0 Å². The van der Waals surface area contributed by atoms with Crippen molar-refractivity contribution in [2.75, 3.05) is 13.8 Å². The van der Waals surface area contributed by atoms with Gasteiger partial charge in [-0.3, -0.25) is 0 Å². The lowest BCUT2D eigenvalue weighted by Gasteiger charge is -2.09. The summed E-state index contributed by atoms with van der Waals surface area (Å²) in [6.45, 7) is -2.06. The second-order valence-electron chi connectivity index (χ2n) is 2.69. The van der Waals surface area contributed by atoms with Crippen molar-refractivity contribution in [3.8, 4) is 11.5 Å². The lowest BCUT2D eigenvalue weighted by Crippen LogP contribution is -2.23. The number of nitrogens with one attached hydrogen (secondary N) is 1. The molecule has 0 fully saturated rings. The molecule has 0 spiro atoms. The third kappa shape index (κ3) is 1.82. The number of rotatable bonds is 3. The summed E-state index contributed by atoms with van der Waals surface area (Å²) in [4.78, 5) is 0. The molecule has 0 aliphatic carbocycles. The van der Waals surface area contributed by atoms with Gasteiger partial charge in [-0.1, -0.05) is 6.04 Å². The summed E-state index contributed by atoms with van der Waals surface area (Å²) < 4.78 is 79.7. The van der Waals surface area contributed by atoms with Crippen molar-refractivity contribution in [3.05, 3.63) is 23.7 Å². The molecule has 0 amide bonds. The van der Waals surface area contributed by atoms with E-state index in [9.17, 15) is 0 Å². The van der Waals surface area contributed by atoms with E-state index < -0.39 is 43.1 Å².